The van der Waals surface area contributed by atoms with E-state index in [4.69, 9.17) is 0 Å². The molecule has 0 unspecified atom stereocenters. The van der Waals surface area contributed by atoms with Crippen LogP contribution < -0.4 is 15.1 Å². The zero-order chi connectivity index (χ0) is 16.8. The molecule has 3 heterocycles. The number of carbonyl (C=O) groups excluding carboxylic acids is 1. The van der Waals surface area contributed by atoms with E-state index in [1.165, 1.54) is 18.5 Å². The van der Waals surface area contributed by atoms with Crippen molar-refractivity contribution in [1.29, 1.82) is 0 Å². The fourth-order valence-corrected chi connectivity index (χ4v) is 3.96. The molecule has 1 aliphatic carbocycles. The van der Waals surface area contributed by atoms with Gasteiger partial charge in [0.2, 0.25) is 0 Å². The topological polar surface area (TPSA) is 64.3 Å². The highest BCUT2D eigenvalue weighted by molar-refractivity contribution is 6.08. The normalized spacial score (nSPS) is 18.1. The first-order valence-corrected chi connectivity index (χ1v) is 9.24. The van der Waals surface area contributed by atoms with E-state index in [1.807, 2.05) is 11.0 Å². The van der Waals surface area contributed by atoms with Crippen LogP contribution >= 0.6 is 24.8 Å². The summed E-state index contributed by atoms with van der Waals surface area (Å²) in [5.74, 6) is 0.847. The number of aromatic nitrogens is 2. The Morgan fingerprint density at radius 2 is 1.93 bits per heavy atom. The van der Waals surface area contributed by atoms with Gasteiger partial charge >= 0.3 is 0 Å². The molecule has 5 rings (SSSR count). The summed E-state index contributed by atoms with van der Waals surface area (Å²) in [7, 11) is 0. The molecule has 1 aromatic carbocycles. The van der Waals surface area contributed by atoms with Crippen LogP contribution in [0.25, 0.3) is 0 Å². The van der Waals surface area contributed by atoms with Crippen molar-refractivity contribution in [3.05, 3.63) is 41.2 Å². The Kier molecular flexibility index (Phi) is 5.99. The fraction of sp³-hybridized carbons (Fsp3) is 0.474. The van der Waals surface area contributed by atoms with E-state index in [0.29, 0.717) is 5.69 Å². The Balaban J connectivity index is 0.00000105. The van der Waals surface area contributed by atoms with Crippen LogP contribution in [0.1, 0.15) is 34.6 Å². The highest BCUT2D eigenvalue weighted by Crippen LogP contribution is 2.38. The molecule has 6 nitrogen and oxygen atoms in total. The fourth-order valence-electron chi connectivity index (χ4n) is 3.96. The molecule has 1 aromatic heterocycles. The van der Waals surface area contributed by atoms with Gasteiger partial charge < -0.3 is 15.1 Å². The molecule has 1 amide bonds. The Labute approximate surface area is 171 Å². The molecule has 146 valence electrons. The maximum Gasteiger partial charge on any atom is 0.279 e. The monoisotopic (exact) mass is 409 g/mol. The Morgan fingerprint density at radius 3 is 2.70 bits per heavy atom. The molecule has 3 aliphatic rings. The van der Waals surface area contributed by atoms with Crippen molar-refractivity contribution in [3.63, 3.8) is 0 Å². The van der Waals surface area contributed by atoms with E-state index in [0.717, 1.165) is 62.0 Å². The number of hydrogen-bond donors (Lipinski definition) is 2. The number of aromatic amines is 1. The molecular weight excluding hydrogens is 385 g/mol. The number of benzene rings is 1. The van der Waals surface area contributed by atoms with Gasteiger partial charge in [-0.1, -0.05) is 12.1 Å². The number of halogens is 2. The molecule has 2 aliphatic heterocycles. The molecular formula is C19H25Cl2N5O. The second kappa shape index (κ2) is 8.09. The van der Waals surface area contributed by atoms with Crippen molar-refractivity contribution < 1.29 is 4.79 Å². The quantitative estimate of drug-likeness (QED) is 0.817. The number of para-hydroxylation sites is 2. The molecule has 0 atom stereocenters. The number of H-pyrrole nitrogens is 1. The minimum absolute atomic E-state index is 0. The number of fused-ring (bicyclic) bond motifs is 2. The Morgan fingerprint density at radius 1 is 1.15 bits per heavy atom. The van der Waals surface area contributed by atoms with Crippen LogP contribution in [0.15, 0.2) is 24.3 Å². The van der Waals surface area contributed by atoms with Gasteiger partial charge in [0.05, 0.1) is 11.4 Å². The van der Waals surface area contributed by atoms with Crippen molar-refractivity contribution in [1.82, 2.24) is 15.5 Å². The number of anilines is 2. The van der Waals surface area contributed by atoms with Crippen LogP contribution in [0.3, 0.4) is 0 Å². The average Bonchev–Trinajstić information content (AvgIpc) is 3.37. The van der Waals surface area contributed by atoms with E-state index in [2.05, 4.69) is 38.6 Å². The maximum atomic E-state index is 13.2. The third-order valence-corrected chi connectivity index (χ3v) is 5.54. The van der Waals surface area contributed by atoms with E-state index < -0.39 is 0 Å². The van der Waals surface area contributed by atoms with Gasteiger partial charge in [-0.25, -0.2) is 0 Å². The van der Waals surface area contributed by atoms with Crippen LogP contribution in [-0.2, 0) is 13.0 Å². The largest absolute Gasteiger partial charge is 0.368 e. The lowest BCUT2D eigenvalue weighted by Gasteiger charge is -2.37. The predicted molar refractivity (Wildman–Crippen MR) is 112 cm³/mol. The number of amides is 1. The van der Waals surface area contributed by atoms with E-state index in [9.17, 15) is 4.79 Å². The number of nitrogens with zero attached hydrogens (tertiary/aromatic N) is 3. The standard InChI is InChI=1S/C19H23N5O.2ClH/c25-19(18-14-11-20-8-7-15(14)21-22-18)24-10-9-23(12-13-5-6-13)16-3-1-2-4-17(16)24;;/h1-4,13,20H,5-12H2,(H,21,22);2*1H. The second-order valence-electron chi connectivity index (χ2n) is 7.29. The van der Waals surface area contributed by atoms with Gasteiger partial charge in [-0.15, -0.1) is 24.8 Å². The number of hydrogen-bond acceptors (Lipinski definition) is 4. The zero-order valence-corrected chi connectivity index (χ0v) is 16.7. The van der Waals surface area contributed by atoms with Crippen LogP contribution in [0, 0.1) is 5.92 Å². The van der Waals surface area contributed by atoms with Gasteiger partial charge in [0, 0.05) is 50.4 Å². The van der Waals surface area contributed by atoms with E-state index in [-0.39, 0.29) is 30.7 Å². The Hall–Kier alpha value is -1.76. The predicted octanol–water partition coefficient (Wildman–Crippen LogP) is 2.78. The highest BCUT2D eigenvalue weighted by Gasteiger charge is 2.33. The maximum absolute atomic E-state index is 13.2. The molecule has 0 bridgehead atoms. The van der Waals surface area contributed by atoms with Gasteiger partial charge in [0.1, 0.15) is 0 Å². The average molecular weight is 410 g/mol. The molecule has 1 saturated carbocycles. The van der Waals surface area contributed by atoms with Gasteiger partial charge in [-0.3, -0.25) is 9.89 Å². The molecule has 2 aromatic rings. The van der Waals surface area contributed by atoms with Crippen molar-refractivity contribution in [2.75, 3.05) is 36.0 Å². The summed E-state index contributed by atoms with van der Waals surface area (Å²) in [6.07, 6.45) is 3.59. The number of nitrogens with one attached hydrogen (secondary N) is 2. The lowest BCUT2D eigenvalue weighted by atomic mass is 10.1. The van der Waals surface area contributed by atoms with Crippen LogP contribution in [0.2, 0.25) is 0 Å². The first-order chi connectivity index (χ1) is 12.3. The van der Waals surface area contributed by atoms with Crippen molar-refractivity contribution in [3.8, 4) is 0 Å². The van der Waals surface area contributed by atoms with Crippen LogP contribution in [0.5, 0.6) is 0 Å². The van der Waals surface area contributed by atoms with E-state index in [1.54, 1.807) is 0 Å². The third-order valence-electron chi connectivity index (χ3n) is 5.54. The summed E-state index contributed by atoms with van der Waals surface area (Å²) in [5, 5.41) is 10.8. The van der Waals surface area contributed by atoms with E-state index >= 15 is 0 Å². The molecule has 0 spiro atoms. The lowest BCUT2D eigenvalue weighted by Crippen LogP contribution is -2.45. The summed E-state index contributed by atoms with van der Waals surface area (Å²) in [5.41, 5.74) is 4.90. The summed E-state index contributed by atoms with van der Waals surface area (Å²) < 4.78 is 0. The van der Waals surface area contributed by atoms with Crippen molar-refractivity contribution in [2.45, 2.75) is 25.8 Å². The summed E-state index contributed by atoms with van der Waals surface area (Å²) in [6, 6.07) is 8.27. The Bertz CT molecular complexity index is 820. The summed E-state index contributed by atoms with van der Waals surface area (Å²) in [6.45, 7) is 4.38. The minimum Gasteiger partial charge on any atom is -0.368 e. The first kappa shape index (κ1) is 20.0. The number of rotatable bonds is 3. The molecule has 8 heteroatoms. The molecule has 0 radical (unpaired) electrons. The smallest absolute Gasteiger partial charge is 0.279 e. The van der Waals surface area contributed by atoms with Crippen molar-refractivity contribution in [2.24, 2.45) is 5.92 Å². The highest BCUT2D eigenvalue weighted by atomic mass is 35.5. The summed E-state index contributed by atoms with van der Waals surface area (Å²) in [4.78, 5) is 17.6. The third kappa shape index (κ3) is 3.66. The zero-order valence-electron chi connectivity index (χ0n) is 15.1. The van der Waals surface area contributed by atoms with Gasteiger partial charge in [0.15, 0.2) is 5.69 Å². The van der Waals surface area contributed by atoms with Gasteiger partial charge in [0.25, 0.3) is 5.91 Å². The van der Waals surface area contributed by atoms with Crippen LogP contribution in [0.4, 0.5) is 11.4 Å². The molecule has 27 heavy (non-hydrogen) atoms. The second-order valence-corrected chi connectivity index (χ2v) is 7.29. The van der Waals surface area contributed by atoms with Crippen molar-refractivity contribution >= 4 is 42.1 Å². The van der Waals surface area contributed by atoms with Gasteiger partial charge in [-0.2, -0.15) is 5.10 Å². The first-order valence-electron chi connectivity index (χ1n) is 9.24. The SMILES string of the molecule is Cl.Cl.O=C(c1n[nH]c2c1CNCC2)N1CCN(CC2CC2)c2ccccc21. The molecule has 1 fully saturated rings. The lowest BCUT2D eigenvalue weighted by molar-refractivity contribution is 0.0980. The number of carbonyl (C=O) groups is 1. The molecule has 0 saturated heterocycles. The molecule has 2 N–H and O–H groups in total. The van der Waals surface area contributed by atoms with Gasteiger partial charge in [-0.05, 0) is 30.9 Å². The minimum atomic E-state index is 0. The van der Waals surface area contributed by atoms with Crippen LogP contribution in [-0.4, -0.2) is 42.3 Å². The summed E-state index contributed by atoms with van der Waals surface area (Å²) >= 11 is 0.